The van der Waals surface area contributed by atoms with E-state index in [-0.39, 0.29) is 11.6 Å². The van der Waals surface area contributed by atoms with Crippen LogP contribution in [0.15, 0.2) is 18.2 Å². The molecule has 1 aromatic carbocycles. The summed E-state index contributed by atoms with van der Waals surface area (Å²) in [6, 6.07) is 4.59. The molecule has 2 unspecified atom stereocenters. The molecule has 18 heavy (non-hydrogen) atoms. The summed E-state index contributed by atoms with van der Waals surface area (Å²) >= 11 is 2.02. The summed E-state index contributed by atoms with van der Waals surface area (Å²) in [4.78, 5) is 0. The predicted octanol–water partition coefficient (Wildman–Crippen LogP) is 3.30. The van der Waals surface area contributed by atoms with Gasteiger partial charge in [-0.2, -0.15) is 11.8 Å². The van der Waals surface area contributed by atoms with Crippen molar-refractivity contribution in [2.24, 2.45) is 0 Å². The van der Waals surface area contributed by atoms with Gasteiger partial charge < -0.3 is 10.4 Å². The first-order valence-electron chi connectivity index (χ1n) is 6.51. The van der Waals surface area contributed by atoms with Gasteiger partial charge in [0.1, 0.15) is 11.6 Å². The molecule has 0 aromatic heterocycles. The van der Waals surface area contributed by atoms with E-state index in [2.05, 4.69) is 12.2 Å². The lowest BCUT2D eigenvalue weighted by molar-refractivity contribution is 0.453. The van der Waals surface area contributed by atoms with Crippen LogP contribution >= 0.6 is 11.8 Å². The number of phenols is 1. The molecular weight excluding hydrogens is 249 g/mol. The number of halogens is 1. The Labute approximate surface area is 112 Å². The average molecular weight is 269 g/mol. The molecule has 0 spiro atoms. The number of thioether (sulfide) groups is 1. The molecule has 1 aromatic rings. The monoisotopic (exact) mass is 269 g/mol. The highest BCUT2D eigenvalue weighted by Crippen LogP contribution is 2.30. The first-order chi connectivity index (χ1) is 8.69. The van der Waals surface area contributed by atoms with Crippen molar-refractivity contribution < 1.29 is 9.50 Å². The number of aromatic hydroxyl groups is 1. The third-order valence-electron chi connectivity index (χ3n) is 3.41. The highest BCUT2D eigenvalue weighted by atomic mass is 32.2. The van der Waals surface area contributed by atoms with Crippen LogP contribution in [0.5, 0.6) is 5.75 Å². The summed E-state index contributed by atoms with van der Waals surface area (Å²) in [5.74, 6) is 1.04. The molecular formula is C14H20FNOS. The molecule has 0 heterocycles. The minimum Gasteiger partial charge on any atom is -0.508 e. The van der Waals surface area contributed by atoms with Crippen molar-refractivity contribution in [3.05, 3.63) is 29.6 Å². The lowest BCUT2D eigenvalue weighted by atomic mass is 10.1. The molecule has 4 heteroatoms. The van der Waals surface area contributed by atoms with E-state index in [1.807, 2.05) is 11.8 Å². The average Bonchev–Trinajstić information content (AvgIpc) is 2.79. The summed E-state index contributed by atoms with van der Waals surface area (Å²) in [6.07, 6.45) is 3.60. The fourth-order valence-electron chi connectivity index (χ4n) is 2.46. The van der Waals surface area contributed by atoms with Gasteiger partial charge in [-0.25, -0.2) is 4.39 Å². The maximum atomic E-state index is 13.1. The van der Waals surface area contributed by atoms with Crippen molar-refractivity contribution in [1.82, 2.24) is 5.32 Å². The van der Waals surface area contributed by atoms with E-state index in [0.717, 1.165) is 5.25 Å². The quantitative estimate of drug-likeness (QED) is 0.860. The number of hydrogen-bond donors (Lipinski definition) is 2. The molecule has 2 atom stereocenters. The summed E-state index contributed by atoms with van der Waals surface area (Å²) in [5, 5.41) is 13.8. The van der Waals surface area contributed by atoms with Crippen LogP contribution in [-0.2, 0) is 6.54 Å². The Morgan fingerprint density at radius 1 is 1.44 bits per heavy atom. The van der Waals surface area contributed by atoms with Gasteiger partial charge in [0, 0.05) is 23.4 Å². The minimum atomic E-state index is -0.296. The summed E-state index contributed by atoms with van der Waals surface area (Å²) in [6.45, 7) is 2.73. The van der Waals surface area contributed by atoms with E-state index in [1.54, 1.807) is 0 Å². The van der Waals surface area contributed by atoms with Crippen molar-refractivity contribution in [2.75, 3.05) is 5.75 Å². The second-order valence-electron chi connectivity index (χ2n) is 4.74. The van der Waals surface area contributed by atoms with Crippen LogP contribution in [0.2, 0.25) is 0 Å². The van der Waals surface area contributed by atoms with E-state index in [0.29, 0.717) is 18.2 Å². The van der Waals surface area contributed by atoms with Crippen molar-refractivity contribution in [1.29, 1.82) is 0 Å². The SMILES string of the molecule is CCSC1CCC(NCc2cc(F)ccc2O)C1. The molecule has 100 valence electrons. The van der Waals surface area contributed by atoms with Gasteiger partial charge in [0.25, 0.3) is 0 Å². The number of hydrogen-bond acceptors (Lipinski definition) is 3. The molecule has 2 N–H and O–H groups in total. The van der Waals surface area contributed by atoms with Crippen LogP contribution in [0.1, 0.15) is 31.7 Å². The van der Waals surface area contributed by atoms with Crippen LogP contribution in [0.25, 0.3) is 0 Å². The standard InChI is InChI=1S/C14H20FNOS/c1-2-18-13-5-4-12(8-13)16-9-10-7-11(15)3-6-14(10)17/h3,6-7,12-13,16-17H,2,4-5,8-9H2,1H3. The van der Waals surface area contributed by atoms with Crippen LogP contribution < -0.4 is 5.32 Å². The zero-order valence-electron chi connectivity index (χ0n) is 10.7. The predicted molar refractivity (Wildman–Crippen MR) is 74.5 cm³/mol. The summed E-state index contributed by atoms with van der Waals surface area (Å²) < 4.78 is 13.1. The molecule has 2 nitrogen and oxygen atoms in total. The van der Waals surface area contributed by atoms with Crippen LogP contribution in [0.3, 0.4) is 0 Å². The first kappa shape index (κ1) is 13.7. The molecule has 1 aliphatic carbocycles. The summed E-state index contributed by atoms with van der Waals surface area (Å²) in [5.41, 5.74) is 0.640. The Bertz CT molecular complexity index is 399. The van der Waals surface area contributed by atoms with Crippen molar-refractivity contribution >= 4 is 11.8 Å². The van der Waals surface area contributed by atoms with Crippen molar-refractivity contribution in [2.45, 2.75) is 44.0 Å². The molecule has 0 aliphatic heterocycles. The second-order valence-corrected chi connectivity index (χ2v) is 6.32. The molecule has 0 bridgehead atoms. The van der Waals surface area contributed by atoms with Gasteiger partial charge in [0.2, 0.25) is 0 Å². The Hall–Kier alpha value is -0.740. The maximum Gasteiger partial charge on any atom is 0.123 e. The molecule has 1 saturated carbocycles. The number of rotatable bonds is 5. The number of phenolic OH excluding ortho intramolecular Hbond substituents is 1. The Balaban J connectivity index is 1.83. The zero-order valence-corrected chi connectivity index (χ0v) is 11.5. The van der Waals surface area contributed by atoms with E-state index >= 15 is 0 Å². The molecule has 0 saturated heterocycles. The van der Waals surface area contributed by atoms with Crippen LogP contribution in [-0.4, -0.2) is 22.2 Å². The normalized spacial score (nSPS) is 23.4. The molecule has 1 fully saturated rings. The van der Waals surface area contributed by atoms with Crippen LogP contribution in [0, 0.1) is 5.82 Å². The lowest BCUT2D eigenvalue weighted by Crippen LogP contribution is -2.26. The largest absolute Gasteiger partial charge is 0.508 e. The second kappa shape index (κ2) is 6.43. The van der Waals surface area contributed by atoms with Gasteiger partial charge in [-0.05, 0) is 43.2 Å². The van der Waals surface area contributed by atoms with Gasteiger partial charge in [0.15, 0.2) is 0 Å². The Morgan fingerprint density at radius 3 is 3.06 bits per heavy atom. The Kier molecular flexibility index (Phi) is 4.89. The molecule has 1 aliphatic rings. The van der Waals surface area contributed by atoms with Crippen LogP contribution in [0.4, 0.5) is 4.39 Å². The minimum absolute atomic E-state index is 0.168. The van der Waals surface area contributed by atoms with E-state index < -0.39 is 0 Å². The van der Waals surface area contributed by atoms with Gasteiger partial charge >= 0.3 is 0 Å². The number of benzene rings is 1. The fraction of sp³-hybridized carbons (Fsp3) is 0.571. The molecule has 0 amide bonds. The fourth-order valence-corrected chi connectivity index (χ4v) is 3.61. The van der Waals surface area contributed by atoms with E-state index in [1.165, 1.54) is 43.2 Å². The highest BCUT2D eigenvalue weighted by Gasteiger charge is 2.24. The van der Waals surface area contributed by atoms with E-state index in [4.69, 9.17) is 0 Å². The summed E-state index contributed by atoms with van der Waals surface area (Å²) in [7, 11) is 0. The first-order valence-corrected chi connectivity index (χ1v) is 7.56. The molecule has 2 rings (SSSR count). The third kappa shape index (κ3) is 3.62. The third-order valence-corrected chi connectivity index (χ3v) is 4.64. The smallest absolute Gasteiger partial charge is 0.123 e. The van der Waals surface area contributed by atoms with Gasteiger partial charge in [-0.15, -0.1) is 0 Å². The van der Waals surface area contributed by atoms with Crippen molar-refractivity contribution in [3.8, 4) is 5.75 Å². The van der Waals surface area contributed by atoms with Gasteiger partial charge in [-0.3, -0.25) is 0 Å². The topological polar surface area (TPSA) is 32.3 Å². The lowest BCUT2D eigenvalue weighted by Gasteiger charge is -2.13. The maximum absolute atomic E-state index is 13.1. The highest BCUT2D eigenvalue weighted by molar-refractivity contribution is 7.99. The van der Waals surface area contributed by atoms with E-state index in [9.17, 15) is 9.50 Å². The van der Waals surface area contributed by atoms with Gasteiger partial charge in [0.05, 0.1) is 0 Å². The van der Waals surface area contributed by atoms with Gasteiger partial charge in [-0.1, -0.05) is 6.92 Å². The number of nitrogens with one attached hydrogen (secondary N) is 1. The Morgan fingerprint density at radius 2 is 2.28 bits per heavy atom. The van der Waals surface area contributed by atoms with Crippen molar-refractivity contribution in [3.63, 3.8) is 0 Å². The zero-order chi connectivity index (χ0) is 13.0. The molecule has 0 radical (unpaired) electrons.